The number of halogens is 1. The molecule has 2 N–H and O–H groups in total. The van der Waals surface area contributed by atoms with Crippen LogP contribution in [0.1, 0.15) is 27.3 Å². The zero-order valence-corrected chi connectivity index (χ0v) is 18.6. The van der Waals surface area contributed by atoms with Crippen molar-refractivity contribution in [2.75, 3.05) is 5.32 Å². The Bertz CT molecular complexity index is 1300. The summed E-state index contributed by atoms with van der Waals surface area (Å²) in [7, 11) is 0. The summed E-state index contributed by atoms with van der Waals surface area (Å²) in [5.41, 5.74) is 5.03. The predicted octanol–water partition coefficient (Wildman–Crippen LogP) is 4.88. The van der Waals surface area contributed by atoms with Crippen LogP contribution < -0.4 is 10.6 Å². The molecule has 3 aromatic carbocycles. The summed E-state index contributed by atoms with van der Waals surface area (Å²) in [6.07, 6.45) is 0. The van der Waals surface area contributed by atoms with Gasteiger partial charge in [0.2, 0.25) is 5.91 Å². The number of amides is 2. The van der Waals surface area contributed by atoms with Crippen LogP contribution in [0.25, 0.3) is 11.0 Å². The lowest BCUT2D eigenvalue weighted by Gasteiger charge is -2.12. The Kier molecular flexibility index (Phi) is 6.23. The van der Waals surface area contributed by atoms with Crippen LogP contribution in [0.3, 0.4) is 0 Å². The molecule has 4 aromatic rings. The van der Waals surface area contributed by atoms with Crippen LogP contribution in [0, 0.1) is 13.8 Å². The number of carbonyl (C=O) groups is 2. The average Bonchev–Trinajstić information content (AvgIpc) is 3.12. The SMILES string of the molecule is Cc1ccc(NC(=O)Cn2c(CNC(=O)c3ccc(Cl)cc3)nc3ccccc32)c(C)c1. The number of anilines is 1. The van der Waals surface area contributed by atoms with Crippen molar-refractivity contribution < 1.29 is 9.59 Å². The van der Waals surface area contributed by atoms with Gasteiger partial charge in [0.15, 0.2) is 0 Å². The van der Waals surface area contributed by atoms with E-state index in [9.17, 15) is 9.59 Å². The molecule has 0 aliphatic heterocycles. The van der Waals surface area contributed by atoms with E-state index in [1.165, 1.54) is 0 Å². The first kappa shape index (κ1) is 21.6. The topological polar surface area (TPSA) is 76.0 Å². The van der Waals surface area contributed by atoms with Gasteiger partial charge in [0.25, 0.3) is 5.91 Å². The van der Waals surface area contributed by atoms with E-state index in [1.54, 1.807) is 24.3 Å². The minimum Gasteiger partial charge on any atom is -0.345 e. The molecule has 0 spiro atoms. The van der Waals surface area contributed by atoms with E-state index < -0.39 is 0 Å². The Balaban J connectivity index is 1.54. The van der Waals surface area contributed by atoms with Crippen molar-refractivity contribution in [1.82, 2.24) is 14.9 Å². The molecule has 0 radical (unpaired) electrons. The molecule has 0 aliphatic rings. The fraction of sp³-hybridized carbons (Fsp3) is 0.160. The second kappa shape index (κ2) is 9.24. The maximum atomic E-state index is 12.8. The highest BCUT2D eigenvalue weighted by atomic mass is 35.5. The zero-order chi connectivity index (χ0) is 22.7. The Morgan fingerprint density at radius 1 is 1.00 bits per heavy atom. The maximum absolute atomic E-state index is 12.8. The molecule has 0 fully saturated rings. The van der Waals surface area contributed by atoms with Crippen molar-refractivity contribution in [3.8, 4) is 0 Å². The molecule has 32 heavy (non-hydrogen) atoms. The zero-order valence-electron chi connectivity index (χ0n) is 17.9. The van der Waals surface area contributed by atoms with Gasteiger partial charge in [-0.05, 0) is 61.9 Å². The molecule has 1 heterocycles. The van der Waals surface area contributed by atoms with E-state index in [-0.39, 0.29) is 24.9 Å². The first-order valence-corrected chi connectivity index (χ1v) is 10.6. The van der Waals surface area contributed by atoms with Gasteiger partial charge in [0.05, 0.1) is 17.6 Å². The van der Waals surface area contributed by atoms with Crippen molar-refractivity contribution in [1.29, 1.82) is 0 Å². The molecule has 6 nitrogen and oxygen atoms in total. The highest BCUT2D eigenvalue weighted by Gasteiger charge is 2.15. The number of nitrogens with zero attached hydrogens (tertiary/aromatic N) is 2. The van der Waals surface area contributed by atoms with Crippen LogP contribution in [0.15, 0.2) is 66.7 Å². The Morgan fingerprint density at radius 3 is 2.50 bits per heavy atom. The minimum atomic E-state index is -0.236. The number of fused-ring (bicyclic) bond motifs is 1. The fourth-order valence-electron chi connectivity index (χ4n) is 3.59. The molecular weight excluding hydrogens is 424 g/mol. The van der Waals surface area contributed by atoms with Gasteiger partial charge in [-0.25, -0.2) is 4.98 Å². The fourth-order valence-corrected chi connectivity index (χ4v) is 3.71. The monoisotopic (exact) mass is 446 g/mol. The summed E-state index contributed by atoms with van der Waals surface area (Å²) in [6, 6.07) is 20.2. The van der Waals surface area contributed by atoms with Crippen LogP contribution in [0.2, 0.25) is 5.02 Å². The summed E-state index contributed by atoms with van der Waals surface area (Å²) < 4.78 is 1.83. The Morgan fingerprint density at radius 2 is 1.75 bits per heavy atom. The van der Waals surface area contributed by atoms with Crippen LogP contribution >= 0.6 is 11.6 Å². The Labute approximate surface area is 191 Å². The Hall–Kier alpha value is -3.64. The molecular formula is C25H23ClN4O2. The third-order valence-electron chi connectivity index (χ3n) is 5.20. The number of benzene rings is 3. The smallest absolute Gasteiger partial charge is 0.251 e. The molecule has 7 heteroatoms. The van der Waals surface area contributed by atoms with Crippen molar-refractivity contribution in [3.63, 3.8) is 0 Å². The minimum absolute atomic E-state index is 0.0833. The average molecular weight is 447 g/mol. The molecule has 0 saturated heterocycles. The van der Waals surface area contributed by atoms with Gasteiger partial charge in [0.1, 0.15) is 12.4 Å². The molecule has 4 rings (SSSR count). The number of aryl methyl sites for hydroxylation is 2. The number of aromatic nitrogens is 2. The van der Waals surface area contributed by atoms with E-state index in [0.717, 1.165) is 27.8 Å². The molecule has 0 bridgehead atoms. The highest BCUT2D eigenvalue weighted by Crippen LogP contribution is 2.19. The lowest BCUT2D eigenvalue weighted by Crippen LogP contribution is -2.26. The van der Waals surface area contributed by atoms with Gasteiger partial charge < -0.3 is 15.2 Å². The molecule has 1 aromatic heterocycles. The van der Waals surface area contributed by atoms with Crippen molar-refractivity contribution in [2.24, 2.45) is 0 Å². The summed E-state index contributed by atoms with van der Waals surface area (Å²) in [4.78, 5) is 30.0. The van der Waals surface area contributed by atoms with Crippen molar-refractivity contribution in [3.05, 3.63) is 94.3 Å². The number of rotatable bonds is 6. The van der Waals surface area contributed by atoms with Crippen LogP contribution in [0.4, 0.5) is 5.69 Å². The van der Waals surface area contributed by atoms with Gasteiger partial charge in [-0.15, -0.1) is 0 Å². The summed E-state index contributed by atoms with van der Waals surface area (Å²) in [5.74, 6) is 0.203. The largest absolute Gasteiger partial charge is 0.345 e. The lowest BCUT2D eigenvalue weighted by molar-refractivity contribution is -0.116. The molecule has 162 valence electrons. The molecule has 2 amide bonds. The number of hydrogen-bond donors (Lipinski definition) is 2. The van der Waals surface area contributed by atoms with E-state index in [0.29, 0.717) is 16.4 Å². The number of para-hydroxylation sites is 2. The molecule has 0 saturated carbocycles. The van der Waals surface area contributed by atoms with Gasteiger partial charge in [-0.1, -0.05) is 41.4 Å². The van der Waals surface area contributed by atoms with Gasteiger partial charge >= 0.3 is 0 Å². The second-order valence-corrected chi connectivity index (χ2v) is 8.10. The number of hydrogen-bond acceptors (Lipinski definition) is 3. The lowest BCUT2D eigenvalue weighted by atomic mass is 10.1. The number of imidazole rings is 1. The molecule has 0 atom stereocenters. The molecule has 0 aliphatic carbocycles. The predicted molar refractivity (Wildman–Crippen MR) is 127 cm³/mol. The maximum Gasteiger partial charge on any atom is 0.251 e. The van der Waals surface area contributed by atoms with E-state index in [4.69, 9.17) is 11.6 Å². The van der Waals surface area contributed by atoms with Crippen LogP contribution in [0.5, 0.6) is 0 Å². The third-order valence-corrected chi connectivity index (χ3v) is 5.46. The van der Waals surface area contributed by atoms with E-state index >= 15 is 0 Å². The normalized spacial score (nSPS) is 10.8. The first-order chi connectivity index (χ1) is 15.4. The van der Waals surface area contributed by atoms with Crippen LogP contribution in [-0.2, 0) is 17.9 Å². The summed E-state index contributed by atoms with van der Waals surface area (Å²) >= 11 is 5.90. The van der Waals surface area contributed by atoms with Gasteiger partial charge in [-0.3, -0.25) is 9.59 Å². The van der Waals surface area contributed by atoms with Gasteiger partial charge in [0, 0.05) is 16.3 Å². The van der Waals surface area contributed by atoms with Crippen molar-refractivity contribution >= 4 is 40.1 Å². The van der Waals surface area contributed by atoms with Gasteiger partial charge in [-0.2, -0.15) is 0 Å². The third kappa shape index (κ3) is 4.81. The highest BCUT2D eigenvalue weighted by molar-refractivity contribution is 6.30. The number of nitrogens with one attached hydrogen (secondary N) is 2. The summed E-state index contributed by atoms with van der Waals surface area (Å²) in [5, 5.41) is 6.42. The van der Waals surface area contributed by atoms with Crippen molar-refractivity contribution in [2.45, 2.75) is 26.9 Å². The van der Waals surface area contributed by atoms with E-state index in [2.05, 4.69) is 15.6 Å². The quantitative estimate of drug-likeness (QED) is 0.443. The molecule has 0 unspecified atom stereocenters. The number of carbonyl (C=O) groups excluding carboxylic acids is 2. The standard InChI is InChI=1S/C25H23ClN4O2/c1-16-7-12-20(17(2)13-16)29-24(31)15-30-22-6-4-3-5-21(22)28-23(30)14-27-25(32)18-8-10-19(26)11-9-18/h3-13H,14-15H2,1-2H3,(H,27,32)(H,29,31). The first-order valence-electron chi connectivity index (χ1n) is 10.3. The second-order valence-electron chi connectivity index (χ2n) is 7.66. The van der Waals surface area contributed by atoms with Crippen LogP contribution in [-0.4, -0.2) is 21.4 Å². The summed E-state index contributed by atoms with van der Waals surface area (Å²) in [6.45, 7) is 4.25. The van der Waals surface area contributed by atoms with E-state index in [1.807, 2.05) is 60.9 Å².